The predicted octanol–water partition coefficient (Wildman–Crippen LogP) is 6.24. The topological polar surface area (TPSA) is 66.8 Å². The maximum atomic E-state index is 13.5. The smallest absolute Gasteiger partial charge is 0.300 e. The second kappa shape index (κ2) is 9.06. The summed E-state index contributed by atoms with van der Waals surface area (Å²) in [5.41, 5.74) is 4.42. The number of ether oxygens (including phenoxy) is 1. The molecule has 1 N–H and O–H groups in total. The van der Waals surface area contributed by atoms with Crippen molar-refractivity contribution in [3.63, 3.8) is 0 Å². The van der Waals surface area contributed by atoms with Gasteiger partial charge < -0.3 is 9.84 Å². The molecular weight excluding hydrogens is 438 g/mol. The fourth-order valence-electron chi connectivity index (χ4n) is 4.70. The number of methoxy groups -OCH3 is 1. The Hall–Kier alpha value is -3.86. The third kappa shape index (κ3) is 4.23. The number of Topliss-reactive ketones (excluding diaryl/α,β-unsaturated/α-hetero) is 1. The third-order valence-corrected chi connectivity index (χ3v) is 6.58. The molecule has 1 aliphatic rings. The standard InChI is InChI=1S/C30H31NO4/c1-18-11-7-9-13-21(18)26-25(28(33)29(34)31(26)23-14-10-8-12-19(23)2)27(32)20-15-16-24(35-6)22(17-20)30(3,4)5/h7-17,26,32H,1-6H3/b27-25+. The van der Waals surface area contributed by atoms with Gasteiger partial charge in [-0.1, -0.05) is 63.2 Å². The van der Waals surface area contributed by atoms with Crippen LogP contribution in [0.15, 0.2) is 72.3 Å². The van der Waals surface area contributed by atoms with E-state index in [4.69, 9.17) is 4.74 Å². The van der Waals surface area contributed by atoms with Gasteiger partial charge >= 0.3 is 0 Å². The lowest BCUT2D eigenvalue weighted by atomic mass is 9.84. The molecule has 1 unspecified atom stereocenters. The molecule has 0 aliphatic carbocycles. The molecule has 5 nitrogen and oxygen atoms in total. The number of rotatable bonds is 4. The number of para-hydroxylation sites is 1. The average Bonchev–Trinajstić information content (AvgIpc) is 3.08. The van der Waals surface area contributed by atoms with Crippen LogP contribution in [0.4, 0.5) is 5.69 Å². The van der Waals surface area contributed by atoms with Crippen molar-refractivity contribution in [1.82, 2.24) is 0 Å². The first-order valence-corrected chi connectivity index (χ1v) is 11.7. The van der Waals surface area contributed by atoms with Crippen molar-refractivity contribution in [2.75, 3.05) is 12.0 Å². The molecule has 1 amide bonds. The number of anilines is 1. The van der Waals surface area contributed by atoms with Crippen LogP contribution in [0.2, 0.25) is 0 Å². The Labute approximate surface area is 206 Å². The number of benzene rings is 3. The van der Waals surface area contributed by atoms with Gasteiger partial charge in [0.2, 0.25) is 0 Å². The van der Waals surface area contributed by atoms with Crippen LogP contribution in [0.5, 0.6) is 5.75 Å². The Kier molecular flexibility index (Phi) is 6.28. The Morgan fingerprint density at radius 1 is 0.914 bits per heavy atom. The number of aryl methyl sites for hydroxylation is 2. The van der Waals surface area contributed by atoms with Gasteiger partial charge in [0, 0.05) is 16.8 Å². The maximum Gasteiger partial charge on any atom is 0.300 e. The van der Waals surface area contributed by atoms with Crippen LogP contribution < -0.4 is 9.64 Å². The van der Waals surface area contributed by atoms with Crippen molar-refractivity contribution in [1.29, 1.82) is 0 Å². The second-order valence-corrected chi connectivity index (χ2v) is 9.98. The Bertz CT molecular complexity index is 1350. The highest BCUT2D eigenvalue weighted by molar-refractivity contribution is 6.51. The van der Waals surface area contributed by atoms with Crippen LogP contribution in [0.1, 0.15) is 54.6 Å². The van der Waals surface area contributed by atoms with E-state index in [2.05, 4.69) is 20.8 Å². The molecule has 180 valence electrons. The van der Waals surface area contributed by atoms with Crippen molar-refractivity contribution in [2.45, 2.75) is 46.1 Å². The molecule has 0 spiro atoms. The number of aliphatic hydroxyl groups is 1. The maximum absolute atomic E-state index is 13.5. The summed E-state index contributed by atoms with van der Waals surface area (Å²) in [6.07, 6.45) is 0. The van der Waals surface area contributed by atoms with E-state index in [1.807, 2.05) is 68.4 Å². The molecule has 3 aromatic carbocycles. The summed E-state index contributed by atoms with van der Waals surface area (Å²) < 4.78 is 5.54. The third-order valence-electron chi connectivity index (χ3n) is 6.58. The van der Waals surface area contributed by atoms with E-state index in [1.54, 1.807) is 19.2 Å². The van der Waals surface area contributed by atoms with E-state index in [0.29, 0.717) is 17.0 Å². The minimum atomic E-state index is -0.752. The van der Waals surface area contributed by atoms with E-state index in [0.717, 1.165) is 22.3 Å². The van der Waals surface area contributed by atoms with Crippen LogP contribution in [0, 0.1) is 13.8 Å². The lowest BCUT2D eigenvalue weighted by molar-refractivity contribution is -0.132. The number of hydrogen-bond donors (Lipinski definition) is 1. The summed E-state index contributed by atoms with van der Waals surface area (Å²) >= 11 is 0. The van der Waals surface area contributed by atoms with Crippen molar-refractivity contribution < 1.29 is 19.4 Å². The quantitative estimate of drug-likeness (QED) is 0.279. The molecule has 1 atom stereocenters. The van der Waals surface area contributed by atoms with E-state index >= 15 is 0 Å². The first-order valence-electron chi connectivity index (χ1n) is 11.7. The van der Waals surface area contributed by atoms with Gasteiger partial charge in [-0.3, -0.25) is 14.5 Å². The monoisotopic (exact) mass is 469 g/mol. The second-order valence-electron chi connectivity index (χ2n) is 9.98. The number of ketones is 1. The molecule has 3 aromatic rings. The van der Waals surface area contributed by atoms with Crippen molar-refractivity contribution in [3.8, 4) is 5.75 Å². The van der Waals surface area contributed by atoms with Gasteiger partial charge in [0.1, 0.15) is 11.5 Å². The number of nitrogens with zero attached hydrogens (tertiary/aromatic N) is 1. The minimum absolute atomic E-state index is 0.0811. The van der Waals surface area contributed by atoms with Gasteiger partial charge in [-0.05, 0) is 60.2 Å². The van der Waals surface area contributed by atoms with Gasteiger partial charge in [-0.15, -0.1) is 0 Å². The summed E-state index contributed by atoms with van der Waals surface area (Å²) in [5, 5.41) is 11.6. The van der Waals surface area contributed by atoms with E-state index in [-0.39, 0.29) is 16.7 Å². The molecule has 1 aliphatic heterocycles. The minimum Gasteiger partial charge on any atom is -0.507 e. The number of amides is 1. The van der Waals surface area contributed by atoms with E-state index < -0.39 is 17.7 Å². The van der Waals surface area contributed by atoms with Crippen LogP contribution in [-0.4, -0.2) is 23.9 Å². The first-order chi connectivity index (χ1) is 16.6. The van der Waals surface area contributed by atoms with Crippen molar-refractivity contribution >= 4 is 23.1 Å². The summed E-state index contributed by atoms with van der Waals surface area (Å²) in [7, 11) is 1.61. The zero-order valence-electron chi connectivity index (χ0n) is 21.0. The van der Waals surface area contributed by atoms with Crippen LogP contribution in [0.25, 0.3) is 5.76 Å². The highest BCUT2D eigenvalue weighted by Crippen LogP contribution is 2.44. The number of carbonyl (C=O) groups is 2. The summed E-state index contributed by atoms with van der Waals surface area (Å²) in [5.74, 6) is -0.850. The number of aliphatic hydroxyl groups excluding tert-OH is 1. The largest absolute Gasteiger partial charge is 0.507 e. The van der Waals surface area contributed by atoms with Gasteiger partial charge in [-0.2, -0.15) is 0 Å². The zero-order valence-corrected chi connectivity index (χ0v) is 21.0. The first kappa shape index (κ1) is 24.3. The van der Waals surface area contributed by atoms with Crippen molar-refractivity contribution in [2.24, 2.45) is 0 Å². The lowest BCUT2D eigenvalue weighted by Gasteiger charge is -2.28. The fourth-order valence-corrected chi connectivity index (χ4v) is 4.70. The normalized spacial score (nSPS) is 17.7. The summed E-state index contributed by atoms with van der Waals surface area (Å²) in [6.45, 7) is 10.0. The fraction of sp³-hybridized carbons (Fsp3) is 0.267. The van der Waals surface area contributed by atoms with Gasteiger partial charge in [0.25, 0.3) is 11.7 Å². The van der Waals surface area contributed by atoms with Crippen LogP contribution >= 0.6 is 0 Å². The molecule has 0 aromatic heterocycles. The van der Waals surface area contributed by atoms with Crippen LogP contribution in [-0.2, 0) is 15.0 Å². The average molecular weight is 470 g/mol. The predicted molar refractivity (Wildman–Crippen MR) is 139 cm³/mol. The van der Waals surface area contributed by atoms with Gasteiger partial charge in [0.15, 0.2) is 0 Å². The Morgan fingerprint density at radius 3 is 2.14 bits per heavy atom. The highest BCUT2D eigenvalue weighted by Gasteiger charge is 2.47. The molecule has 1 heterocycles. The molecule has 0 bridgehead atoms. The molecule has 4 rings (SSSR count). The van der Waals surface area contributed by atoms with E-state index in [1.165, 1.54) is 4.90 Å². The summed E-state index contributed by atoms with van der Waals surface area (Å²) in [4.78, 5) is 28.4. The van der Waals surface area contributed by atoms with Gasteiger partial charge in [-0.25, -0.2) is 0 Å². The SMILES string of the molecule is COc1ccc(/C(O)=C2\C(=O)C(=O)N(c3ccccc3C)C2c2ccccc2C)cc1C(C)(C)C. The van der Waals surface area contributed by atoms with Crippen molar-refractivity contribution in [3.05, 3.63) is 100 Å². The molecule has 1 saturated heterocycles. The molecule has 0 radical (unpaired) electrons. The zero-order chi connectivity index (χ0) is 25.5. The van der Waals surface area contributed by atoms with E-state index in [9.17, 15) is 14.7 Å². The Morgan fingerprint density at radius 2 is 1.54 bits per heavy atom. The molecule has 35 heavy (non-hydrogen) atoms. The molecule has 0 saturated carbocycles. The molecular formula is C30H31NO4. The lowest BCUT2D eigenvalue weighted by Crippen LogP contribution is -2.30. The molecule has 5 heteroatoms. The highest BCUT2D eigenvalue weighted by atomic mass is 16.5. The number of hydrogen-bond acceptors (Lipinski definition) is 4. The number of carbonyl (C=O) groups excluding carboxylic acids is 2. The summed E-state index contributed by atoms with van der Waals surface area (Å²) in [6, 6.07) is 19.7. The van der Waals surface area contributed by atoms with Gasteiger partial charge in [0.05, 0.1) is 18.7 Å². The Balaban J connectivity index is 2.00. The molecule has 1 fully saturated rings. The van der Waals surface area contributed by atoms with Crippen LogP contribution in [0.3, 0.4) is 0 Å².